The number of benzene rings is 3. The normalized spacial score (nSPS) is 11.7. The number of hydrogen-bond acceptors (Lipinski definition) is 5. The van der Waals surface area contributed by atoms with E-state index in [9.17, 15) is 23.3 Å². The van der Waals surface area contributed by atoms with Gasteiger partial charge in [-0.25, -0.2) is 8.42 Å². The number of aromatic nitrogens is 1. The molecule has 0 saturated heterocycles. The van der Waals surface area contributed by atoms with Crippen molar-refractivity contribution >= 4 is 48.9 Å². The van der Waals surface area contributed by atoms with Crippen molar-refractivity contribution in [2.24, 2.45) is 0 Å². The number of nitrogens with zero attached hydrogens (tertiary/aromatic N) is 2. The lowest BCUT2D eigenvalue weighted by Gasteiger charge is -2.08. The molecule has 4 aromatic rings. The third kappa shape index (κ3) is 3.75. The number of para-hydroxylation sites is 1. The van der Waals surface area contributed by atoms with Gasteiger partial charge in [0.2, 0.25) is 0 Å². The van der Waals surface area contributed by atoms with Gasteiger partial charge in [0.05, 0.1) is 9.82 Å². The predicted molar refractivity (Wildman–Crippen MR) is 119 cm³/mol. The van der Waals surface area contributed by atoms with Crippen LogP contribution in [0.25, 0.3) is 21.8 Å². The molecule has 1 aromatic heterocycles. The Labute approximate surface area is 178 Å². The number of non-ortho nitro benzene ring substituents is 1. The maximum absolute atomic E-state index is 12.8. The van der Waals surface area contributed by atoms with Crippen molar-refractivity contribution in [2.45, 2.75) is 18.4 Å². The Morgan fingerprint density at radius 3 is 2.42 bits per heavy atom. The number of nitrogens with one attached hydrogen (secondary N) is 1. The topological polar surface area (TPSA) is 111 Å². The van der Waals surface area contributed by atoms with Crippen LogP contribution in [0.2, 0.25) is 0 Å². The van der Waals surface area contributed by atoms with Gasteiger partial charge in [-0.15, -0.1) is 0 Å². The molecule has 0 spiro atoms. The third-order valence-electron chi connectivity index (χ3n) is 5.14. The Bertz CT molecular complexity index is 1470. The monoisotopic (exact) mass is 437 g/mol. The van der Waals surface area contributed by atoms with Gasteiger partial charge in [-0.3, -0.25) is 14.9 Å². The number of anilines is 1. The van der Waals surface area contributed by atoms with E-state index in [1.807, 2.05) is 36.4 Å². The largest absolute Gasteiger partial charge is 0.341 e. The lowest BCUT2D eigenvalue weighted by Crippen LogP contribution is -2.13. The van der Waals surface area contributed by atoms with Gasteiger partial charge in [-0.2, -0.15) is 0 Å². The van der Waals surface area contributed by atoms with Gasteiger partial charge in [-0.1, -0.05) is 18.2 Å². The highest BCUT2D eigenvalue weighted by atomic mass is 32.2. The van der Waals surface area contributed by atoms with Crippen LogP contribution in [0, 0.1) is 10.1 Å². The van der Waals surface area contributed by atoms with E-state index in [1.54, 1.807) is 6.07 Å². The molecule has 9 heteroatoms. The van der Waals surface area contributed by atoms with Crippen molar-refractivity contribution < 1.29 is 18.1 Å². The first-order valence-corrected chi connectivity index (χ1v) is 11.4. The molecule has 8 nitrogen and oxygen atoms in total. The number of nitro groups is 1. The lowest BCUT2D eigenvalue weighted by molar-refractivity contribution is -0.385. The van der Waals surface area contributed by atoms with Crippen LogP contribution in [0.3, 0.4) is 0 Å². The molecule has 31 heavy (non-hydrogen) atoms. The van der Waals surface area contributed by atoms with E-state index >= 15 is 0 Å². The molecule has 1 N–H and O–H groups in total. The molecule has 0 aliphatic heterocycles. The molecule has 1 amide bonds. The number of amides is 1. The van der Waals surface area contributed by atoms with Crippen molar-refractivity contribution in [1.29, 1.82) is 0 Å². The highest BCUT2D eigenvalue weighted by molar-refractivity contribution is 7.90. The van der Waals surface area contributed by atoms with Gasteiger partial charge in [0, 0.05) is 58.0 Å². The average molecular weight is 437 g/mol. The van der Waals surface area contributed by atoms with Crippen LogP contribution in [0.5, 0.6) is 0 Å². The van der Waals surface area contributed by atoms with Crippen LogP contribution in [0.1, 0.15) is 17.3 Å². The van der Waals surface area contributed by atoms with Crippen LogP contribution in [-0.2, 0) is 16.4 Å². The number of carbonyl (C=O) groups is 1. The van der Waals surface area contributed by atoms with Crippen molar-refractivity contribution in [3.8, 4) is 0 Å². The number of carbonyl (C=O) groups excluding carboxylic acids is 1. The smallest absolute Gasteiger partial charge is 0.271 e. The molecular weight excluding hydrogens is 418 g/mol. The van der Waals surface area contributed by atoms with Crippen LogP contribution in [0.15, 0.2) is 65.6 Å². The van der Waals surface area contributed by atoms with Gasteiger partial charge in [-0.05, 0) is 37.3 Å². The van der Waals surface area contributed by atoms with Crippen molar-refractivity contribution in [3.05, 3.63) is 76.3 Å². The van der Waals surface area contributed by atoms with E-state index in [2.05, 4.69) is 16.8 Å². The molecule has 0 atom stereocenters. The van der Waals surface area contributed by atoms with Crippen molar-refractivity contribution in [1.82, 2.24) is 4.57 Å². The second-order valence-corrected chi connectivity index (χ2v) is 9.21. The average Bonchev–Trinajstić information content (AvgIpc) is 3.05. The standard InChI is InChI=1S/C22H19N3O5S/c1-3-24-20-7-5-4-6-18(20)19-12-15(8-9-21(19)24)23-22(26)14-10-16(25(27)28)13-17(11-14)31(2,29)30/h4-13H,3H2,1-2H3,(H,23,26). The van der Waals surface area contributed by atoms with E-state index in [-0.39, 0.29) is 10.5 Å². The van der Waals surface area contributed by atoms with Gasteiger partial charge < -0.3 is 9.88 Å². The molecule has 3 aromatic carbocycles. The summed E-state index contributed by atoms with van der Waals surface area (Å²) in [5.41, 5.74) is 2.04. The summed E-state index contributed by atoms with van der Waals surface area (Å²) in [5.74, 6) is -0.632. The fourth-order valence-corrected chi connectivity index (χ4v) is 4.39. The van der Waals surface area contributed by atoms with E-state index in [1.165, 1.54) is 0 Å². The van der Waals surface area contributed by atoms with Gasteiger partial charge in [0.15, 0.2) is 9.84 Å². The summed E-state index contributed by atoms with van der Waals surface area (Å²) in [4.78, 5) is 23.0. The zero-order valence-electron chi connectivity index (χ0n) is 16.8. The van der Waals surface area contributed by atoms with E-state index in [0.29, 0.717) is 5.69 Å². The Kier molecular flexibility index (Phi) is 4.98. The summed E-state index contributed by atoms with van der Waals surface area (Å²) < 4.78 is 25.9. The minimum Gasteiger partial charge on any atom is -0.341 e. The molecule has 0 aliphatic rings. The number of rotatable bonds is 5. The molecule has 0 saturated carbocycles. The van der Waals surface area contributed by atoms with Gasteiger partial charge >= 0.3 is 0 Å². The molecule has 1 heterocycles. The quantitative estimate of drug-likeness (QED) is 0.368. The first-order chi connectivity index (χ1) is 14.7. The van der Waals surface area contributed by atoms with Crippen molar-refractivity contribution in [3.63, 3.8) is 0 Å². The summed E-state index contributed by atoms with van der Waals surface area (Å²) in [6, 6.07) is 16.6. The number of hydrogen-bond donors (Lipinski definition) is 1. The Balaban J connectivity index is 1.76. The number of nitro benzene ring substituents is 1. The lowest BCUT2D eigenvalue weighted by atomic mass is 10.1. The zero-order valence-corrected chi connectivity index (χ0v) is 17.6. The zero-order chi connectivity index (χ0) is 22.3. The van der Waals surface area contributed by atoms with Gasteiger partial charge in [0.1, 0.15) is 0 Å². The fraction of sp³-hybridized carbons (Fsp3) is 0.136. The van der Waals surface area contributed by atoms with Gasteiger partial charge in [0.25, 0.3) is 11.6 Å². The first-order valence-electron chi connectivity index (χ1n) is 9.51. The highest BCUT2D eigenvalue weighted by Gasteiger charge is 2.19. The number of aryl methyl sites for hydroxylation is 1. The number of sulfone groups is 1. The maximum Gasteiger partial charge on any atom is 0.271 e. The van der Waals surface area contributed by atoms with Crippen LogP contribution < -0.4 is 5.32 Å². The molecule has 0 bridgehead atoms. The molecular formula is C22H19N3O5S. The summed E-state index contributed by atoms with van der Waals surface area (Å²) in [6.45, 7) is 2.85. The predicted octanol–water partition coefficient (Wildman–Crippen LogP) is 4.38. The minimum absolute atomic E-state index is 0.106. The molecule has 0 unspecified atom stereocenters. The SMILES string of the molecule is CCn1c2ccccc2c2cc(NC(=O)c3cc([N+](=O)[O-])cc(S(C)(=O)=O)c3)ccc21. The first kappa shape index (κ1) is 20.5. The van der Waals surface area contributed by atoms with Crippen LogP contribution in [0.4, 0.5) is 11.4 Å². The van der Waals surface area contributed by atoms with Crippen molar-refractivity contribution in [2.75, 3.05) is 11.6 Å². The highest BCUT2D eigenvalue weighted by Crippen LogP contribution is 2.31. The van der Waals surface area contributed by atoms with E-state index in [0.717, 1.165) is 52.8 Å². The van der Waals surface area contributed by atoms with E-state index < -0.39 is 26.4 Å². The Hall–Kier alpha value is -3.72. The van der Waals surface area contributed by atoms with E-state index in [4.69, 9.17) is 0 Å². The second-order valence-electron chi connectivity index (χ2n) is 7.19. The molecule has 158 valence electrons. The molecule has 0 radical (unpaired) electrons. The molecule has 0 aliphatic carbocycles. The Morgan fingerprint density at radius 2 is 1.74 bits per heavy atom. The summed E-state index contributed by atoms with van der Waals surface area (Å²) in [5, 5.41) is 15.9. The maximum atomic E-state index is 12.8. The fourth-order valence-electron chi connectivity index (χ4n) is 3.71. The summed E-state index contributed by atoms with van der Waals surface area (Å²) in [6.07, 6.45) is 0.936. The second kappa shape index (κ2) is 7.51. The summed E-state index contributed by atoms with van der Waals surface area (Å²) in [7, 11) is -3.73. The molecule has 4 rings (SSSR count). The summed E-state index contributed by atoms with van der Waals surface area (Å²) >= 11 is 0. The third-order valence-corrected chi connectivity index (χ3v) is 6.23. The number of fused-ring (bicyclic) bond motifs is 3. The Morgan fingerprint density at radius 1 is 1.03 bits per heavy atom. The van der Waals surface area contributed by atoms with Crippen LogP contribution >= 0.6 is 0 Å². The molecule has 0 fully saturated rings. The minimum atomic E-state index is -3.73. The van der Waals surface area contributed by atoms with Crippen LogP contribution in [-0.4, -0.2) is 30.1 Å².